The minimum atomic E-state index is -1.71. The van der Waals surface area contributed by atoms with Gasteiger partial charge in [0, 0.05) is 12.0 Å². The molecule has 1 aliphatic heterocycles. The third kappa shape index (κ3) is 3.68. The quantitative estimate of drug-likeness (QED) is 0.442. The summed E-state index contributed by atoms with van der Waals surface area (Å²) in [6.07, 6.45) is 2.60. The maximum Gasteiger partial charge on any atom is 0.334 e. The highest BCUT2D eigenvalue weighted by molar-refractivity contribution is 6.74. The van der Waals surface area contributed by atoms with E-state index in [9.17, 15) is 4.79 Å². The Labute approximate surface area is 105 Å². The first kappa shape index (κ1) is 14.4. The number of rotatable bonds is 3. The molecule has 0 spiro atoms. The third-order valence-electron chi connectivity index (χ3n) is 3.66. The second-order valence-corrected chi connectivity index (χ2v) is 11.0. The fourth-order valence-corrected chi connectivity index (χ4v) is 2.36. The summed E-state index contributed by atoms with van der Waals surface area (Å²) in [6.45, 7) is 13.5. The molecule has 0 amide bonds. The van der Waals surface area contributed by atoms with E-state index in [1.54, 1.807) is 0 Å². The average molecular weight is 256 g/mol. The van der Waals surface area contributed by atoms with Gasteiger partial charge in [-0.15, -0.1) is 0 Å². The average Bonchev–Trinajstić information content (AvgIpc) is 2.43. The van der Waals surface area contributed by atoms with Gasteiger partial charge in [0.2, 0.25) is 0 Å². The molecule has 0 saturated carbocycles. The van der Waals surface area contributed by atoms with Gasteiger partial charge in [-0.3, -0.25) is 0 Å². The van der Waals surface area contributed by atoms with Crippen LogP contribution in [0.2, 0.25) is 18.1 Å². The van der Waals surface area contributed by atoms with E-state index in [0.717, 1.165) is 5.57 Å². The summed E-state index contributed by atoms with van der Waals surface area (Å²) in [4.78, 5) is 11.4. The van der Waals surface area contributed by atoms with Gasteiger partial charge in [-0.1, -0.05) is 20.8 Å². The van der Waals surface area contributed by atoms with Crippen molar-refractivity contribution in [1.29, 1.82) is 0 Å². The second kappa shape index (κ2) is 4.94. The molecule has 98 valence electrons. The Morgan fingerprint density at radius 2 is 2.06 bits per heavy atom. The lowest BCUT2D eigenvalue weighted by Gasteiger charge is -2.35. The van der Waals surface area contributed by atoms with E-state index in [2.05, 4.69) is 33.9 Å². The SMILES string of the molecule is C[C@H]1C/C(=C\CO[Si](C)(C)C(C)(C)C)C(=O)O1. The predicted molar refractivity (Wildman–Crippen MR) is 71.4 cm³/mol. The largest absolute Gasteiger partial charge is 0.459 e. The number of carbonyl (C=O) groups excluding carboxylic acids is 1. The molecule has 0 aliphatic carbocycles. The Balaban J connectivity index is 2.53. The molecule has 1 atom stereocenters. The van der Waals surface area contributed by atoms with Crippen molar-refractivity contribution >= 4 is 14.3 Å². The van der Waals surface area contributed by atoms with Crippen LogP contribution in [0.15, 0.2) is 11.6 Å². The molecule has 4 heteroatoms. The first-order chi connectivity index (χ1) is 7.63. The van der Waals surface area contributed by atoms with Gasteiger partial charge in [0.15, 0.2) is 8.32 Å². The van der Waals surface area contributed by atoms with Gasteiger partial charge in [0.05, 0.1) is 6.61 Å². The molecule has 17 heavy (non-hydrogen) atoms. The molecular weight excluding hydrogens is 232 g/mol. The van der Waals surface area contributed by atoms with E-state index < -0.39 is 8.32 Å². The summed E-state index contributed by atoms with van der Waals surface area (Å²) in [6, 6.07) is 0. The number of carbonyl (C=O) groups is 1. The first-order valence-electron chi connectivity index (χ1n) is 6.17. The highest BCUT2D eigenvalue weighted by Crippen LogP contribution is 2.36. The molecule has 0 bridgehead atoms. The number of cyclic esters (lactones) is 1. The number of esters is 1. The van der Waals surface area contributed by atoms with Crippen LogP contribution in [-0.4, -0.2) is 27.0 Å². The monoisotopic (exact) mass is 256 g/mol. The van der Waals surface area contributed by atoms with E-state index >= 15 is 0 Å². The van der Waals surface area contributed by atoms with E-state index in [1.165, 1.54) is 0 Å². The molecule has 0 unspecified atom stereocenters. The van der Waals surface area contributed by atoms with Gasteiger partial charge in [-0.2, -0.15) is 0 Å². The molecule has 1 aliphatic rings. The van der Waals surface area contributed by atoms with Crippen LogP contribution < -0.4 is 0 Å². The Hall–Kier alpha value is -0.613. The van der Waals surface area contributed by atoms with Crippen LogP contribution in [0, 0.1) is 0 Å². The van der Waals surface area contributed by atoms with Crippen LogP contribution in [-0.2, 0) is 14.0 Å². The van der Waals surface area contributed by atoms with E-state index in [4.69, 9.17) is 9.16 Å². The fraction of sp³-hybridized carbons (Fsp3) is 0.769. The van der Waals surface area contributed by atoms with Crippen molar-refractivity contribution in [1.82, 2.24) is 0 Å². The van der Waals surface area contributed by atoms with Crippen molar-refractivity contribution in [3.05, 3.63) is 11.6 Å². The van der Waals surface area contributed by atoms with Crippen molar-refractivity contribution in [2.75, 3.05) is 6.61 Å². The molecule has 0 aromatic rings. The van der Waals surface area contributed by atoms with Gasteiger partial charge in [-0.05, 0) is 31.1 Å². The molecule has 0 aromatic heterocycles. The summed E-state index contributed by atoms with van der Waals surface area (Å²) >= 11 is 0. The summed E-state index contributed by atoms with van der Waals surface area (Å²) in [7, 11) is -1.71. The first-order valence-corrected chi connectivity index (χ1v) is 9.08. The van der Waals surface area contributed by atoms with Crippen molar-refractivity contribution in [2.45, 2.75) is 58.4 Å². The number of ether oxygens (including phenoxy) is 1. The maximum atomic E-state index is 11.4. The van der Waals surface area contributed by atoms with Crippen LogP contribution in [0.4, 0.5) is 0 Å². The van der Waals surface area contributed by atoms with E-state index in [0.29, 0.717) is 13.0 Å². The molecule has 1 rings (SSSR count). The summed E-state index contributed by atoms with van der Waals surface area (Å²) in [5.74, 6) is -0.184. The highest BCUT2D eigenvalue weighted by Gasteiger charge is 2.37. The minimum absolute atomic E-state index is 0.0154. The second-order valence-electron chi connectivity index (χ2n) is 6.22. The van der Waals surface area contributed by atoms with E-state index in [-0.39, 0.29) is 17.1 Å². The number of hydrogen-bond donors (Lipinski definition) is 0. The fourth-order valence-electron chi connectivity index (χ4n) is 1.43. The third-order valence-corrected chi connectivity index (χ3v) is 8.16. The van der Waals surface area contributed by atoms with Crippen LogP contribution in [0.5, 0.6) is 0 Å². The van der Waals surface area contributed by atoms with Crippen LogP contribution in [0.1, 0.15) is 34.1 Å². The smallest absolute Gasteiger partial charge is 0.334 e. The molecule has 1 heterocycles. The molecule has 0 radical (unpaired) electrons. The van der Waals surface area contributed by atoms with Crippen LogP contribution >= 0.6 is 0 Å². The molecule has 1 saturated heterocycles. The Morgan fingerprint density at radius 3 is 2.47 bits per heavy atom. The zero-order valence-corrected chi connectivity index (χ0v) is 12.8. The lowest BCUT2D eigenvalue weighted by Crippen LogP contribution is -2.40. The molecule has 0 N–H and O–H groups in total. The Bertz CT molecular complexity index is 326. The van der Waals surface area contributed by atoms with Crippen LogP contribution in [0.25, 0.3) is 0 Å². The summed E-state index contributed by atoms with van der Waals surface area (Å²) in [5, 5.41) is 0.203. The van der Waals surface area contributed by atoms with Gasteiger partial charge >= 0.3 is 5.97 Å². The Morgan fingerprint density at radius 1 is 1.47 bits per heavy atom. The lowest BCUT2D eigenvalue weighted by molar-refractivity contribution is -0.138. The lowest BCUT2D eigenvalue weighted by atomic mass is 10.1. The normalized spacial score (nSPS) is 24.2. The van der Waals surface area contributed by atoms with Crippen molar-refractivity contribution in [3.63, 3.8) is 0 Å². The van der Waals surface area contributed by atoms with Crippen molar-refractivity contribution < 1.29 is 14.0 Å². The van der Waals surface area contributed by atoms with Gasteiger partial charge in [-0.25, -0.2) is 4.79 Å². The predicted octanol–water partition coefficient (Wildman–Crippen LogP) is 3.27. The minimum Gasteiger partial charge on any atom is -0.459 e. The van der Waals surface area contributed by atoms with Crippen molar-refractivity contribution in [3.8, 4) is 0 Å². The summed E-state index contributed by atoms with van der Waals surface area (Å²) in [5.41, 5.74) is 0.760. The zero-order chi connectivity index (χ0) is 13.3. The highest BCUT2D eigenvalue weighted by atomic mass is 28.4. The molecule has 3 nitrogen and oxygen atoms in total. The topological polar surface area (TPSA) is 35.5 Å². The zero-order valence-electron chi connectivity index (χ0n) is 11.8. The van der Waals surface area contributed by atoms with Crippen LogP contribution in [0.3, 0.4) is 0 Å². The summed E-state index contributed by atoms with van der Waals surface area (Å²) < 4.78 is 11.1. The van der Waals surface area contributed by atoms with Gasteiger partial charge in [0.25, 0.3) is 0 Å². The van der Waals surface area contributed by atoms with E-state index in [1.807, 2.05) is 13.0 Å². The van der Waals surface area contributed by atoms with Crippen molar-refractivity contribution in [2.24, 2.45) is 0 Å². The number of hydrogen-bond acceptors (Lipinski definition) is 3. The van der Waals surface area contributed by atoms with Gasteiger partial charge in [0.1, 0.15) is 6.10 Å². The standard InChI is InChI=1S/C13H24O3Si/c1-10-9-11(12(14)16-10)7-8-15-17(5,6)13(2,3)4/h7,10H,8-9H2,1-6H3/b11-7+/t10-/m0/s1. The molecular formula is C13H24O3Si. The Kier molecular flexibility index (Phi) is 4.20. The maximum absolute atomic E-state index is 11.4. The molecule has 0 aromatic carbocycles. The van der Waals surface area contributed by atoms with Gasteiger partial charge < -0.3 is 9.16 Å². The molecule has 1 fully saturated rings.